The smallest absolute Gasteiger partial charge is 0.163 e. The second-order valence-corrected chi connectivity index (χ2v) is 7.94. The Labute approximate surface area is 176 Å². The standard InChI is InChI=1S/C21H26Cl3NO2/c1-4-26-20-10-16(12-25-8-7-14(2)3)18(23)11-21(20)27-13-15-5-6-17(22)19(24)9-15/h5-6,9-11,14,25H,4,7-8,12-13H2,1-3H3. The number of benzene rings is 2. The van der Waals surface area contributed by atoms with Gasteiger partial charge in [-0.15, -0.1) is 0 Å². The molecule has 0 bridgehead atoms. The molecule has 0 aliphatic carbocycles. The Morgan fingerprint density at radius 3 is 2.33 bits per heavy atom. The Kier molecular flexibility index (Phi) is 9.04. The van der Waals surface area contributed by atoms with Gasteiger partial charge in [0.1, 0.15) is 6.61 Å². The molecule has 0 saturated carbocycles. The zero-order valence-electron chi connectivity index (χ0n) is 16.0. The molecule has 0 spiro atoms. The van der Waals surface area contributed by atoms with E-state index >= 15 is 0 Å². The van der Waals surface area contributed by atoms with E-state index in [2.05, 4.69) is 19.2 Å². The topological polar surface area (TPSA) is 30.5 Å². The summed E-state index contributed by atoms with van der Waals surface area (Å²) in [6.07, 6.45) is 1.13. The number of rotatable bonds is 10. The molecular formula is C21H26Cl3NO2. The molecule has 0 amide bonds. The first-order valence-electron chi connectivity index (χ1n) is 9.13. The van der Waals surface area contributed by atoms with E-state index in [9.17, 15) is 0 Å². The van der Waals surface area contributed by atoms with Crippen LogP contribution < -0.4 is 14.8 Å². The van der Waals surface area contributed by atoms with Gasteiger partial charge in [-0.25, -0.2) is 0 Å². The molecule has 0 unspecified atom stereocenters. The molecule has 27 heavy (non-hydrogen) atoms. The van der Waals surface area contributed by atoms with Crippen molar-refractivity contribution in [1.82, 2.24) is 5.32 Å². The first-order valence-corrected chi connectivity index (χ1v) is 10.3. The first kappa shape index (κ1) is 22.2. The van der Waals surface area contributed by atoms with Gasteiger partial charge in [0.2, 0.25) is 0 Å². The van der Waals surface area contributed by atoms with Crippen molar-refractivity contribution in [3.05, 3.63) is 56.5 Å². The van der Waals surface area contributed by atoms with Crippen LogP contribution in [0.4, 0.5) is 0 Å². The molecule has 2 aromatic rings. The average Bonchev–Trinajstić information content (AvgIpc) is 2.62. The predicted octanol–water partition coefficient (Wildman–Crippen LogP) is 6.76. The summed E-state index contributed by atoms with van der Waals surface area (Å²) in [5, 5.41) is 5.10. The third-order valence-corrected chi connectivity index (χ3v) is 5.10. The van der Waals surface area contributed by atoms with Gasteiger partial charge in [-0.1, -0.05) is 54.7 Å². The van der Waals surface area contributed by atoms with E-state index in [0.29, 0.717) is 52.2 Å². The highest BCUT2D eigenvalue weighted by molar-refractivity contribution is 6.42. The Morgan fingerprint density at radius 1 is 0.926 bits per heavy atom. The van der Waals surface area contributed by atoms with Crippen LogP contribution in [0.3, 0.4) is 0 Å². The number of nitrogens with one attached hydrogen (secondary N) is 1. The fourth-order valence-corrected chi connectivity index (χ4v) is 3.04. The molecule has 6 heteroatoms. The van der Waals surface area contributed by atoms with Crippen LogP contribution >= 0.6 is 34.8 Å². The van der Waals surface area contributed by atoms with E-state index in [1.165, 1.54) is 0 Å². The molecule has 2 rings (SSSR count). The zero-order valence-corrected chi connectivity index (χ0v) is 18.2. The maximum absolute atomic E-state index is 6.46. The first-order chi connectivity index (χ1) is 12.9. The highest BCUT2D eigenvalue weighted by atomic mass is 35.5. The van der Waals surface area contributed by atoms with Gasteiger partial charge in [0.15, 0.2) is 11.5 Å². The van der Waals surface area contributed by atoms with Crippen LogP contribution in [0.5, 0.6) is 11.5 Å². The Bertz CT molecular complexity index is 750. The number of hydrogen-bond acceptors (Lipinski definition) is 3. The quantitative estimate of drug-likeness (QED) is 0.422. The maximum atomic E-state index is 6.46. The highest BCUT2D eigenvalue weighted by Gasteiger charge is 2.12. The van der Waals surface area contributed by atoms with Crippen molar-refractivity contribution in [2.24, 2.45) is 5.92 Å². The molecule has 0 saturated heterocycles. The molecule has 0 radical (unpaired) electrons. The fraction of sp³-hybridized carbons (Fsp3) is 0.429. The predicted molar refractivity (Wildman–Crippen MR) is 115 cm³/mol. The second-order valence-electron chi connectivity index (χ2n) is 6.72. The van der Waals surface area contributed by atoms with Gasteiger partial charge in [0, 0.05) is 17.6 Å². The van der Waals surface area contributed by atoms with E-state index in [4.69, 9.17) is 44.3 Å². The van der Waals surface area contributed by atoms with Gasteiger partial charge in [0.05, 0.1) is 16.7 Å². The fourth-order valence-electron chi connectivity index (χ4n) is 2.50. The average molecular weight is 431 g/mol. The van der Waals surface area contributed by atoms with Crippen molar-refractivity contribution < 1.29 is 9.47 Å². The second kappa shape index (κ2) is 11.0. The molecular weight excluding hydrogens is 405 g/mol. The van der Waals surface area contributed by atoms with Crippen molar-refractivity contribution in [3.8, 4) is 11.5 Å². The molecule has 2 aromatic carbocycles. The van der Waals surface area contributed by atoms with Crippen LogP contribution in [-0.4, -0.2) is 13.2 Å². The lowest BCUT2D eigenvalue weighted by Crippen LogP contribution is -2.16. The third-order valence-electron chi connectivity index (χ3n) is 4.00. The summed E-state index contributed by atoms with van der Waals surface area (Å²) < 4.78 is 11.7. The lowest BCUT2D eigenvalue weighted by atomic mass is 10.1. The third kappa shape index (κ3) is 7.08. The lowest BCUT2D eigenvalue weighted by molar-refractivity contribution is 0.269. The number of hydrogen-bond donors (Lipinski definition) is 1. The SMILES string of the molecule is CCOc1cc(CNCCC(C)C)c(Cl)cc1OCc1ccc(Cl)c(Cl)c1. The van der Waals surface area contributed by atoms with Crippen molar-refractivity contribution in [2.45, 2.75) is 40.3 Å². The van der Waals surface area contributed by atoms with Crippen LogP contribution in [0.25, 0.3) is 0 Å². The largest absolute Gasteiger partial charge is 0.490 e. The summed E-state index contributed by atoms with van der Waals surface area (Å²) in [6, 6.07) is 9.18. The van der Waals surface area contributed by atoms with E-state index in [0.717, 1.165) is 24.1 Å². The lowest BCUT2D eigenvalue weighted by Gasteiger charge is -2.16. The zero-order chi connectivity index (χ0) is 19.8. The summed E-state index contributed by atoms with van der Waals surface area (Å²) in [5.41, 5.74) is 1.91. The van der Waals surface area contributed by atoms with Gasteiger partial charge >= 0.3 is 0 Å². The summed E-state index contributed by atoms with van der Waals surface area (Å²) in [4.78, 5) is 0. The van der Waals surface area contributed by atoms with Gasteiger partial charge in [-0.05, 0) is 55.1 Å². The molecule has 1 N–H and O–H groups in total. The number of ether oxygens (including phenoxy) is 2. The maximum Gasteiger partial charge on any atom is 0.163 e. The Hall–Kier alpha value is -1.13. The Balaban J connectivity index is 2.08. The van der Waals surface area contributed by atoms with Crippen molar-refractivity contribution in [2.75, 3.05) is 13.2 Å². The minimum absolute atomic E-state index is 0.347. The van der Waals surface area contributed by atoms with Gasteiger partial charge in [-0.3, -0.25) is 0 Å². The normalized spacial score (nSPS) is 11.1. The van der Waals surface area contributed by atoms with Crippen LogP contribution in [0.15, 0.2) is 30.3 Å². The van der Waals surface area contributed by atoms with Crippen LogP contribution in [0, 0.1) is 5.92 Å². The van der Waals surface area contributed by atoms with Gasteiger partial charge in [-0.2, -0.15) is 0 Å². The van der Waals surface area contributed by atoms with Crippen LogP contribution in [0.2, 0.25) is 15.1 Å². The van der Waals surface area contributed by atoms with E-state index < -0.39 is 0 Å². The summed E-state index contributed by atoms with van der Waals surface area (Å²) >= 11 is 18.5. The molecule has 0 fully saturated rings. The molecule has 0 heterocycles. The molecule has 0 atom stereocenters. The highest BCUT2D eigenvalue weighted by Crippen LogP contribution is 2.34. The van der Waals surface area contributed by atoms with Crippen molar-refractivity contribution >= 4 is 34.8 Å². The molecule has 0 aromatic heterocycles. The molecule has 0 aliphatic rings. The minimum atomic E-state index is 0.347. The van der Waals surface area contributed by atoms with Crippen molar-refractivity contribution in [3.63, 3.8) is 0 Å². The monoisotopic (exact) mass is 429 g/mol. The molecule has 3 nitrogen and oxygen atoms in total. The van der Waals surface area contributed by atoms with Crippen molar-refractivity contribution in [1.29, 1.82) is 0 Å². The van der Waals surface area contributed by atoms with Gasteiger partial charge in [0.25, 0.3) is 0 Å². The van der Waals surface area contributed by atoms with Crippen LogP contribution in [-0.2, 0) is 13.2 Å². The Morgan fingerprint density at radius 2 is 1.67 bits per heavy atom. The minimum Gasteiger partial charge on any atom is -0.490 e. The van der Waals surface area contributed by atoms with E-state index in [-0.39, 0.29) is 0 Å². The summed E-state index contributed by atoms with van der Waals surface area (Å²) in [5.74, 6) is 1.96. The molecule has 0 aliphatic heterocycles. The molecule has 148 valence electrons. The number of halogens is 3. The summed E-state index contributed by atoms with van der Waals surface area (Å²) in [7, 11) is 0. The van der Waals surface area contributed by atoms with Gasteiger partial charge < -0.3 is 14.8 Å². The van der Waals surface area contributed by atoms with E-state index in [1.54, 1.807) is 12.1 Å². The summed E-state index contributed by atoms with van der Waals surface area (Å²) in [6.45, 7) is 8.90. The van der Waals surface area contributed by atoms with Crippen LogP contribution in [0.1, 0.15) is 38.3 Å². The van der Waals surface area contributed by atoms with E-state index in [1.807, 2.05) is 25.1 Å².